The van der Waals surface area contributed by atoms with Crippen LogP contribution in [0.4, 0.5) is 0 Å². The van der Waals surface area contributed by atoms with Crippen LogP contribution in [0.2, 0.25) is 0 Å². The smallest absolute Gasteiger partial charge is 0.313 e. The van der Waals surface area contributed by atoms with Crippen molar-refractivity contribution in [2.24, 2.45) is 5.92 Å². The van der Waals surface area contributed by atoms with Gasteiger partial charge in [0.2, 0.25) is 0 Å². The van der Waals surface area contributed by atoms with E-state index in [1.807, 2.05) is 91.0 Å². The van der Waals surface area contributed by atoms with E-state index in [1.165, 1.54) is 26.0 Å². The summed E-state index contributed by atoms with van der Waals surface area (Å²) in [6, 6.07) is 29.1. The second-order valence-electron chi connectivity index (χ2n) is 7.85. The highest BCUT2D eigenvalue weighted by atomic mass is 32.2. The molecule has 0 spiro atoms. The molecule has 0 aromatic heterocycles. The SMILES string of the molecule is COC(=O)C(CSC(=S)c1ccccc1)CC(c1ccccc1)C(C(=O)OC)c1ccccc1. The van der Waals surface area contributed by atoms with E-state index in [4.69, 9.17) is 21.7 Å². The van der Waals surface area contributed by atoms with Crippen LogP contribution in [-0.4, -0.2) is 36.1 Å². The van der Waals surface area contributed by atoms with Gasteiger partial charge in [-0.05, 0) is 23.1 Å². The molecule has 3 aromatic rings. The van der Waals surface area contributed by atoms with Gasteiger partial charge in [0.05, 0.1) is 30.3 Å². The van der Waals surface area contributed by atoms with E-state index in [0.29, 0.717) is 12.2 Å². The van der Waals surface area contributed by atoms with E-state index in [0.717, 1.165) is 20.9 Å². The van der Waals surface area contributed by atoms with Crippen LogP contribution in [0.5, 0.6) is 0 Å². The van der Waals surface area contributed by atoms with Gasteiger partial charge in [-0.2, -0.15) is 0 Å². The molecule has 0 aliphatic rings. The summed E-state index contributed by atoms with van der Waals surface area (Å²) in [6.07, 6.45) is 0.412. The summed E-state index contributed by atoms with van der Waals surface area (Å²) in [5.41, 5.74) is 2.76. The molecular formula is C28H28O4S2. The highest BCUT2D eigenvalue weighted by Crippen LogP contribution is 2.40. The molecule has 0 saturated carbocycles. The minimum Gasteiger partial charge on any atom is -0.469 e. The maximum absolute atomic E-state index is 13.0. The van der Waals surface area contributed by atoms with Gasteiger partial charge in [0, 0.05) is 11.7 Å². The molecule has 3 unspecified atom stereocenters. The Labute approximate surface area is 210 Å². The second-order valence-corrected chi connectivity index (χ2v) is 9.55. The minimum absolute atomic E-state index is 0.286. The lowest BCUT2D eigenvalue weighted by Gasteiger charge is -2.29. The summed E-state index contributed by atoms with van der Waals surface area (Å²) in [6.45, 7) is 0. The Kier molecular flexibility index (Phi) is 9.86. The summed E-state index contributed by atoms with van der Waals surface area (Å²) in [5.74, 6) is -1.51. The molecule has 6 heteroatoms. The van der Waals surface area contributed by atoms with Crippen LogP contribution < -0.4 is 0 Å². The van der Waals surface area contributed by atoms with E-state index < -0.39 is 11.8 Å². The van der Waals surface area contributed by atoms with Crippen LogP contribution in [0.25, 0.3) is 0 Å². The van der Waals surface area contributed by atoms with E-state index in [-0.39, 0.29) is 17.9 Å². The van der Waals surface area contributed by atoms with Gasteiger partial charge < -0.3 is 9.47 Å². The van der Waals surface area contributed by atoms with Crippen molar-refractivity contribution in [2.45, 2.75) is 18.3 Å². The van der Waals surface area contributed by atoms with Crippen LogP contribution in [0.1, 0.15) is 34.9 Å². The molecule has 0 amide bonds. The Bertz CT molecular complexity index is 1070. The lowest BCUT2D eigenvalue weighted by molar-refractivity contribution is -0.147. The second kappa shape index (κ2) is 13.1. The standard InChI is InChI=1S/C28H28O4S2/c1-31-26(29)23(19-34-28(33)22-16-10-5-11-17-22)18-24(20-12-6-3-7-13-20)25(27(30)32-2)21-14-8-4-9-15-21/h3-17,23-25H,18-19H2,1-2H3. The first-order valence-corrected chi connectivity index (χ1v) is 12.4. The van der Waals surface area contributed by atoms with Crippen molar-refractivity contribution in [2.75, 3.05) is 20.0 Å². The molecule has 0 radical (unpaired) electrons. The maximum atomic E-state index is 13.0. The third-order valence-electron chi connectivity index (χ3n) is 5.74. The molecule has 0 N–H and O–H groups in total. The third-order valence-corrected chi connectivity index (χ3v) is 7.40. The zero-order valence-corrected chi connectivity index (χ0v) is 20.9. The number of ether oxygens (including phenoxy) is 2. The molecule has 3 rings (SSSR count). The Morgan fingerprint density at radius 1 is 0.765 bits per heavy atom. The summed E-state index contributed by atoms with van der Waals surface area (Å²) in [5, 5.41) is 0. The lowest BCUT2D eigenvalue weighted by atomic mass is 9.76. The number of thiocarbonyl (C=S) groups is 1. The molecule has 3 atom stereocenters. The molecule has 0 aliphatic heterocycles. The predicted molar refractivity (Wildman–Crippen MR) is 141 cm³/mol. The normalized spacial score (nSPS) is 13.4. The zero-order chi connectivity index (χ0) is 24.3. The molecule has 0 saturated heterocycles. The zero-order valence-electron chi connectivity index (χ0n) is 19.3. The molecule has 0 bridgehead atoms. The molecular weight excluding hydrogens is 464 g/mol. The van der Waals surface area contributed by atoms with Crippen molar-refractivity contribution in [3.05, 3.63) is 108 Å². The van der Waals surface area contributed by atoms with Crippen molar-refractivity contribution in [3.8, 4) is 0 Å². The van der Waals surface area contributed by atoms with Crippen molar-refractivity contribution < 1.29 is 19.1 Å². The first-order chi connectivity index (χ1) is 16.5. The maximum Gasteiger partial charge on any atom is 0.313 e. The van der Waals surface area contributed by atoms with Crippen LogP contribution in [-0.2, 0) is 19.1 Å². The fraction of sp³-hybridized carbons (Fsp3) is 0.250. The fourth-order valence-electron chi connectivity index (χ4n) is 4.02. The van der Waals surface area contributed by atoms with Crippen LogP contribution in [0.15, 0.2) is 91.0 Å². The van der Waals surface area contributed by atoms with E-state index in [2.05, 4.69) is 0 Å². The number of thioether (sulfide) groups is 1. The van der Waals surface area contributed by atoms with Gasteiger partial charge >= 0.3 is 11.9 Å². The van der Waals surface area contributed by atoms with Gasteiger partial charge in [0.1, 0.15) is 0 Å². The van der Waals surface area contributed by atoms with E-state index in [9.17, 15) is 9.59 Å². The molecule has 3 aromatic carbocycles. The number of hydrogen-bond donors (Lipinski definition) is 0. The van der Waals surface area contributed by atoms with Gasteiger partial charge in [-0.25, -0.2) is 0 Å². The quantitative estimate of drug-likeness (QED) is 0.255. The molecule has 176 valence electrons. The first kappa shape index (κ1) is 25.7. The number of benzene rings is 3. The lowest BCUT2D eigenvalue weighted by Crippen LogP contribution is -2.28. The molecule has 4 nitrogen and oxygen atoms in total. The average molecular weight is 493 g/mol. The van der Waals surface area contributed by atoms with Crippen molar-refractivity contribution in [1.82, 2.24) is 0 Å². The van der Waals surface area contributed by atoms with Gasteiger partial charge in [-0.1, -0.05) is 103 Å². The Morgan fingerprint density at radius 3 is 1.79 bits per heavy atom. The topological polar surface area (TPSA) is 52.6 Å². The number of rotatable bonds is 10. The van der Waals surface area contributed by atoms with Gasteiger partial charge in [-0.3, -0.25) is 9.59 Å². The molecule has 0 heterocycles. The molecule has 0 fully saturated rings. The van der Waals surface area contributed by atoms with Gasteiger partial charge in [0.15, 0.2) is 0 Å². The molecule has 34 heavy (non-hydrogen) atoms. The average Bonchev–Trinajstić information content (AvgIpc) is 2.91. The summed E-state index contributed by atoms with van der Waals surface area (Å²) in [7, 11) is 2.79. The van der Waals surface area contributed by atoms with Crippen molar-refractivity contribution in [3.63, 3.8) is 0 Å². The van der Waals surface area contributed by atoms with Crippen molar-refractivity contribution >= 4 is 40.1 Å². The summed E-state index contributed by atoms with van der Waals surface area (Å²) in [4.78, 5) is 25.9. The summed E-state index contributed by atoms with van der Waals surface area (Å²) >= 11 is 7.05. The number of methoxy groups -OCH3 is 2. The Hall–Kier alpha value is -2.96. The number of esters is 2. The number of carbonyl (C=O) groups excluding carboxylic acids is 2. The third kappa shape index (κ3) is 6.78. The monoisotopic (exact) mass is 492 g/mol. The van der Waals surface area contributed by atoms with Gasteiger partial charge in [0.25, 0.3) is 0 Å². The van der Waals surface area contributed by atoms with Crippen molar-refractivity contribution in [1.29, 1.82) is 0 Å². The highest BCUT2D eigenvalue weighted by Gasteiger charge is 2.36. The van der Waals surface area contributed by atoms with E-state index >= 15 is 0 Å². The number of carbonyl (C=O) groups is 2. The minimum atomic E-state index is -0.563. The largest absolute Gasteiger partial charge is 0.469 e. The number of hydrogen-bond acceptors (Lipinski definition) is 6. The Morgan fingerprint density at radius 2 is 1.26 bits per heavy atom. The fourth-order valence-corrected chi connectivity index (χ4v) is 5.29. The van der Waals surface area contributed by atoms with Gasteiger partial charge in [-0.15, -0.1) is 11.8 Å². The highest BCUT2D eigenvalue weighted by molar-refractivity contribution is 8.23. The Balaban J connectivity index is 1.92. The van der Waals surface area contributed by atoms with Crippen LogP contribution >= 0.6 is 24.0 Å². The van der Waals surface area contributed by atoms with Crippen LogP contribution in [0.3, 0.4) is 0 Å². The van der Waals surface area contributed by atoms with E-state index in [1.54, 1.807) is 0 Å². The first-order valence-electron chi connectivity index (χ1n) is 11.0. The summed E-state index contributed by atoms with van der Waals surface area (Å²) < 4.78 is 11.1. The van der Waals surface area contributed by atoms with Crippen LogP contribution in [0, 0.1) is 5.92 Å². The molecule has 0 aliphatic carbocycles. The predicted octanol–water partition coefficient (Wildman–Crippen LogP) is 6.02.